The zero-order valence-corrected chi connectivity index (χ0v) is 19.9. The van der Waals surface area contributed by atoms with E-state index in [4.69, 9.17) is 4.74 Å². The molecular weight excluding hydrogens is 516 g/mol. The van der Waals surface area contributed by atoms with Crippen LogP contribution in [0.5, 0.6) is 11.5 Å². The molecule has 0 aliphatic heterocycles. The molecule has 8 heteroatoms. The quantitative estimate of drug-likeness (QED) is 0.403. The van der Waals surface area contributed by atoms with E-state index in [9.17, 15) is 15.0 Å². The maximum Gasteiger partial charge on any atom is 0.255 e. The first kappa shape index (κ1) is 23.1. The summed E-state index contributed by atoms with van der Waals surface area (Å²) in [7, 11) is 1.44. The summed E-state index contributed by atoms with van der Waals surface area (Å²) in [5.41, 5.74) is 2.03. The lowest BCUT2D eigenvalue weighted by Gasteiger charge is -2.25. The van der Waals surface area contributed by atoms with E-state index in [2.05, 4.69) is 42.5 Å². The molecule has 2 aromatic rings. The molecule has 1 fully saturated rings. The highest BCUT2D eigenvalue weighted by Crippen LogP contribution is 2.32. The molecule has 1 aliphatic carbocycles. The molecule has 0 radical (unpaired) electrons. The second-order valence-corrected chi connectivity index (χ2v) is 9.34. The van der Waals surface area contributed by atoms with Crippen LogP contribution in [0.1, 0.15) is 41.6 Å². The Kier molecular flexibility index (Phi) is 8.16. The fourth-order valence-electron chi connectivity index (χ4n) is 3.67. The number of hydrogen-bond acceptors (Lipinski definition) is 5. The van der Waals surface area contributed by atoms with Gasteiger partial charge in [-0.2, -0.15) is 0 Å². The Morgan fingerprint density at radius 2 is 1.90 bits per heavy atom. The molecule has 0 aromatic heterocycles. The average molecular weight is 542 g/mol. The van der Waals surface area contributed by atoms with Crippen molar-refractivity contribution >= 4 is 43.5 Å². The van der Waals surface area contributed by atoms with Crippen molar-refractivity contribution in [1.29, 1.82) is 0 Å². The molecule has 0 heterocycles. The van der Waals surface area contributed by atoms with Gasteiger partial charge in [-0.1, -0.05) is 15.9 Å². The van der Waals surface area contributed by atoms with E-state index >= 15 is 0 Å². The monoisotopic (exact) mass is 540 g/mol. The summed E-state index contributed by atoms with van der Waals surface area (Å²) in [5.74, 6) is 0.501. The average Bonchev–Trinajstić information content (AvgIpc) is 2.72. The van der Waals surface area contributed by atoms with Crippen LogP contribution in [0.25, 0.3) is 0 Å². The molecule has 3 rings (SSSR count). The summed E-state index contributed by atoms with van der Waals surface area (Å²) in [5, 5.41) is 25.9. The summed E-state index contributed by atoms with van der Waals surface area (Å²) in [6, 6.07) is 8.37. The highest BCUT2D eigenvalue weighted by molar-refractivity contribution is 9.11. The Labute approximate surface area is 193 Å². The number of nitrogens with one attached hydrogen (secondary N) is 2. The van der Waals surface area contributed by atoms with Crippen molar-refractivity contribution in [3.63, 3.8) is 0 Å². The Hall–Kier alpha value is -1.61. The van der Waals surface area contributed by atoms with Crippen molar-refractivity contribution in [3.05, 3.63) is 50.4 Å². The number of phenols is 1. The first-order valence-electron chi connectivity index (χ1n) is 9.92. The zero-order valence-electron chi connectivity index (χ0n) is 16.8. The van der Waals surface area contributed by atoms with Crippen LogP contribution in [-0.4, -0.2) is 35.9 Å². The second kappa shape index (κ2) is 10.6. The minimum Gasteiger partial charge on any atom is -0.504 e. The van der Waals surface area contributed by atoms with Gasteiger partial charge >= 0.3 is 0 Å². The first-order chi connectivity index (χ1) is 14.4. The highest BCUT2D eigenvalue weighted by atomic mass is 79.9. The molecule has 4 N–H and O–H groups in total. The van der Waals surface area contributed by atoms with Crippen LogP contribution >= 0.6 is 31.9 Å². The highest BCUT2D eigenvalue weighted by Gasteiger charge is 2.20. The lowest BCUT2D eigenvalue weighted by Crippen LogP contribution is -2.28. The molecule has 30 heavy (non-hydrogen) atoms. The Balaban J connectivity index is 1.70. The number of ether oxygens (including phenoxy) is 1. The molecular formula is C22H26Br2N2O4. The maximum atomic E-state index is 12.8. The first-order valence-corrected chi connectivity index (χ1v) is 11.5. The number of amides is 1. The van der Waals surface area contributed by atoms with Crippen molar-refractivity contribution in [1.82, 2.24) is 5.32 Å². The maximum absolute atomic E-state index is 12.8. The van der Waals surface area contributed by atoms with Crippen LogP contribution in [0.15, 0.2) is 39.3 Å². The van der Waals surface area contributed by atoms with Crippen LogP contribution in [0, 0.1) is 5.92 Å². The van der Waals surface area contributed by atoms with Crippen molar-refractivity contribution in [3.8, 4) is 11.5 Å². The molecule has 1 aliphatic rings. The summed E-state index contributed by atoms with van der Waals surface area (Å²) in [6.07, 6.45) is 3.64. The number of aliphatic hydroxyl groups is 1. The van der Waals surface area contributed by atoms with Crippen LogP contribution in [-0.2, 0) is 6.54 Å². The lowest BCUT2D eigenvalue weighted by atomic mass is 9.87. The van der Waals surface area contributed by atoms with Crippen LogP contribution in [0.4, 0.5) is 5.69 Å². The Morgan fingerprint density at radius 3 is 2.60 bits per heavy atom. The van der Waals surface area contributed by atoms with Crippen molar-refractivity contribution in [2.75, 3.05) is 19.0 Å². The second-order valence-electron chi connectivity index (χ2n) is 7.57. The lowest BCUT2D eigenvalue weighted by molar-refractivity contribution is 0.102. The van der Waals surface area contributed by atoms with Gasteiger partial charge in [-0.25, -0.2) is 0 Å². The van der Waals surface area contributed by atoms with E-state index in [-0.39, 0.29) is 23.5 Å². The number of phenolic OH excluding ortho intramolecular Hbond substituents is 1. The fourth-order valence-corrected chi connectivity index (χ4v) is 5.08. The summed E-state index contributed by atoms with van der Waals surface area (Å²) in [4.78, 5) is 12.8. The van der Waals surface area contributed by atoms with Gasteiger partial charge < -0.3 is 25.6 Å². The molecule has 0 atom stereocenters. The third-order valence-electron chi connectivity index (χ3n) is 5.38. The topological polar surface area (TPSA) is 90.8 Å². The zero-order chi connectivity index (χ0) is 21.7. The molecule has 162 valence electrons. The molecule has 2 aromatic carbocycles. The van der Waals surface area contributed by atoms with Crippen molar-refractivity contribution in [2.24, 2.45) is 5.92 Å². The van der Waals surface area contributed by atoms with Gasteiger partial charge in [0.1, 0.15) is 0 Å². The molecule has 0 bridgehead atoms. The number of methoxy groups -OCH3 is 1. The number of aliphatic hydroxyl groups excluding tert-OH is 1. The van der Waals surface area contributed by atoms with Gasteiger partial charge in [0.25, 0.3) is 5.91 Å². The third kappa shape index (κ3) is 5.97. The van der Waals surface area contributed by atoms with E-state index in [1.165, 1.54) is 19.2 Å². The summed E-state index contributed by atoms with van der Waals surface area (Å²) < 4.78 is 6.78. The fraction of sp³-hybridized carbons (Fsp3) is 0.409. The number of carbonyl (C=O) groups excluding carboxylic acids is 1. The van der Waals surface area contributed by atoms with Crippen LogP contribution < -0.4 is 15.4 Å². The van der Waals surface area contributed by atoms with E-state index in [0.717, 1.165) is 46.7 Å². The number of anilines is 1. The summed E-state index contributed by atoms with van der Waals surface area (Å²) >= 11 is 7.07. The molecule has 0 saturated heterocycles. The predicted octanol–water partition coefficient (Wildman–Crippen LogP) is 4.82. The van der Waals surface area contributed by atoms with E-state index < -0.39 is 0 Å². The smallest absolute Gasteiger partial charge is 0.255 e. The number of hydrogen-bond donors (Lipinski definition) is 4. The standard InChI is InChI=1S/C22H26Br2N2O4/c1-30-20-9-14(4-7-19(20)28)22(29)26-21-15(8-16(23)10-18(21)24)12-25-11-13-2-5-17(27)6-3-13/h4,7-10,13,17,25,27-28H,2-3,5-6,11-12H2,1H3,(H,26,29)/t13-,17-. The van der Waals surface area contributed by atoms with Gasteiger partial charge in [0.15, 0.2) is 11.5 Å². The van der Waals surface area contributed by atoms with E-state index in [1.807, 2.05) is 12.1 Å². The molecule has 0 unspecified atom stereocenters. The number of halogens is 2. The minimum absolute atomic E-state index is 0.0148. The third-order valence-corrected chi connectivity index (χ3v) is 6.47. The van der Waals surface area contributed by atoms with E-state index in [0.29, 0.717) is 23.7 Å². The Bertz CT molecular complexity index is 899. The SMILES string of the molecule is COc1cc(C(=O)Nc2c(Br)cc(Br)cc2CNC[C@H]2CC[C@H](O)CC2)ccc1O. The van der Waals surface area contributed by atoms with Crippen LogP contribution in [0.2, 0.25) is 0 Å². The van der Waals surface area contributed by atoms with Gasteiger partial charge in [0, 0.05) is 21.1 Å². The molecule has 1 saturated carbocycles. The number of rotatable bonds is 7. The van der Waals surface area contributed by atoms with Gasteiger partial charge in [-0.15, -0.1) is 0 Å². The minimum atomic E-state index is -0.293. The number of benzene rings is 2. The number of aromatic hydroxyl groups is 1. The molecule has 6 nitrogen and oxygen atoms in total. The van der Waals surface area contributed by atoms with Gasteiger partial charge in [0.2, 0.25) is 0 Å². The van der Waals surface area contributed by atoms with Gasteiger partial charge in [-0.3, -0.25) is 4.79 Å². The largest absolute Gasteiger partial charge is 0.504 e. The van der Waals surface area contributed by atoms with Crippen molar-refractivity contribution in [2.45, 2.75) is 38.3 Å². The van der Waals surface area contributed by atoms with E-state index in [1.54, 1.807) is 6.07 Å². The number of carbonyl (C=O) groups is 1. The predicted molar refractivity (Wildman–Crippen MR) is 124 cm³/mol. The normalized spacial score (nSPS) is 18.8. The van der Waals surface area contributed by atoms with Gasteiger partial charge in [0.05, 0.1) is 18.9 Å². The Morgan fingerprint density at radius 1 is 1.17 bits per heavy atom. The van der Waals surface area contributed by atoms with Gasteiger partial charge in [-0.05, 0) is 90.0 Å². The molecule has 0 spiro atoms. The van der Waals surface area contributed by atoms with Crippen LogP contribution in [0.3, 0.4) is 0 Å². The molecule has 1 amide bonds. The summed E-state index contributed by atoms with van der Waals surface area (Å²) in [6.45, 7) is 1.48. The van der Waals surface area contributed by atoms with Crippen molar-refractivity contribution < 1.29 is 19.7 Å².